The molecule has 1 aliphatic carbocycles. The summed E-state index contributed by atoms with van der Waals surface area (Å²) in [4.78, 5) is 0. The summed E-state index contributed by atoms with van der Waals surface area (Å²) in [5.74, 6) is 0.560. The Bertz CT molecular complexity index is 972. The third kappa shape index (κ3) is 11.2. The standard InChI is InChI=1S/C16H13.C9H13.2C2H5.2ClH.Ge.Zr/c1-12-10-14-8-5-9-15(16(14)11-12)13-6-3-2-4-7-13;1-6-5-7(2)9(4)8(6)3;2*1-2;;;;/h2-11H,1H3;6H,1-4H3;2*1H2,2H3;2*1H;;/q4*-1;;;;. The van der Waals surface area contributed by atoms with Gasteiger partial charge in [0.25, 0.3) is 0 Å². The van der Waals surface area contributed by atoms with Crippen molar-refractivity contribution in [3.63, 3.8) is 0 Å². The van der Waals surface area contributed by atoms with Gasteiger partial charge in [-0.05, 0) is 5.56 Å². The van der Waals surface area contributed by atoms with Crippen LogP contribution in [0.4, 0.5) is 0 Å². The molecule has 0 saturated heterocycles. The topological polar surface area (TPSA) is 0 Å². The van der Waals surface area contributed by atoms with E-state index in [9.17, 15) is 0 Å². The molecule has 3 aromatic carbocycles. The summed E-state index contributed by atoms with van der Waals surface area (Å²) in [6.45, 7) is 20.8. The Morgan fingerprint density at radius 3 is 1.82 bits per heavy atom. The Morgan fingerprint density at radius 1 is 0.848 bits per heavy atom. The third-order valence-corrected chi connectivity index (χ3v) is 5.22. The van der Waals surface area contributed by atoms with Gasteiger partial charge in [-0.15, -0.1) is 66.3 Å². The molecule has 3 aromatic rings. The molecule has 0 amide bonds. The molecule has 0 aromatic heterocycles. The summed E-state index contributed by atoms with van der Waals surface area (Å²) in [6, 6.07) is 21.6. The van der Waals surface area contributed by atoms with Crippen molar-refractivity contribution in [2.75, 3.05) is 0 Å². The van der Waals surface area contributed by atoms with E-state index < -0.39 is 0 Å². The minimum absolute atomic E-state index is 0. The average Bonchev–Trinajstić information content (AvgIpc) is 3.32. The second-order valence-electron chi connectivity index (χ2n) is 7.01. The predicted octanol–water partition coefficient (Wildman–Crippen LogP) is 9.40. The Labute approximate surface area is 235 Å². The van der Waals surface area contributed by atoms with Crippen LogP contribution in [0.5, 0.6) is 0 Å². The van der Waals surface area contributed by atoms with Crippen LogP contribution in [-0.4, -0.2) is 12.1 Å². The van der Waals surface area contributed by atoms with Crippen LogP contribution in [0.15, 0.2) is 77.4 Å². The molecule has 1 atom stereocenters. The normalized spacial score (nSPS) is 13.1. The van der Waals surface area contributed by atoms with Crippen LogP contribution in [0.3, 0.4) is 0 Å². The molecule has 0 heterocycles. The fraction of sp³-hybridized carbons (Fsp3) is 0.276. The van der Waals surface area contributed by atoms with Crippen LogP contribution in [0.1, 0.15) is 47.1 Å². The van der Waals surface area contributed by atoms with Crippen molar-refractivity contribution >= 4 is 47.7 Å². The molecule has 2 radical (unpaired) electrons. The molecule has 0 saturated carbocycles. The first-order valence-electron chi connectivity index (χ1n) is 10.6. The first-order chi connectivity index (χ1) is 15.0. The van der Waals surface area contributed by atoms with Crippen molar-refractivity contribution in [2.45, 2.75) is 48.5 Å². The minimum atomic E-state index is 0. The fourth-order valence-corrected chi connectivity index (χ4v) is 3.42. The number of fused-ring (bicyclic) bond motifs is 1. The zero-order chi connectivity index (χ0) is 24.0. The van der Waals surface area contributed by atoms with Crippen molar-refractivity contribution in [3.05, 3.63) is 103 Å². The van der Waals surface area contributed by atoms with Gasteiger partial charge < -0.3 is 13.8 Å². The zero-order valence-electron chi connectivity index (χ0n) is 21.1. The summed E-state index contributed by atoms with van der Waals surface area (Å²) < 4.78 is 0. The van der Waals surface area contributed by atoms with Gasteiger partial charge in [0.15, 0.2) is 0 Å². The van der Waals surface area contributed by atoms with Gasteiger partial charge in [-0.1, -0.05) is 75.6 Å². The van der Waals surface area contributed by atoms with Crippen molar-refractivity contribution in [1.82, 2.24) is 0 Å². The molecule has 0 fully saturated rings. The maximum atomic E-state index is 3.36. The molecule has 1 unspecified atom stereocenters. The average molecular weight is 621 g/mol. The SMILES string of the molecule is CC1=[C-]C(C)C(C)=C1C.Cc1cc2c(-c3ccccc3)cccc2[cH-]1.Cl.Cl.[CH2-]C.[CH2-]C.[Ge]=[Zr]. The van der Waals surface area contributed by atoms with E-state index in [1.807, 2.05) is 0 Å². The molecule has 0 spiro atoms. The van der Waals surface area contributed by atoms with Crippen molar-refractivity contribution in [2.24, 2.45) is 5.92 Å². The van der Waals surface area contributed by atoms with Gasteiger partial charge in [0, 0.05) is 0 Å². The molecule has 0 bridgehead atoms. The maximum absolute atomic E-state index is 3.36. The first-order valence-corrected chi connectivity index (χ1v) is 18.1. The molecule has 4 rings (SSSR count). The van der Waals surface area contributed by atoms with Gasteiger partial charge in [-0.3, -0.25) is 6.08 Å². The molecule has 4 heteroatoms. The number of hydrogen-bond donors (Lipinski definition) is 0. The summed E-state index contributed by atoms with van der Waals surface area (Å²) in [7, 11) is 0. The van der Waals surface area contributed by atoms with E-state index in [1.54, 1.807) is 35.4 Å². The molecule has 33 heavy (non-hydrogen) atoms. The van der Waals surface area contributed by atoms with E-state index in [0.29, 0.717) is 5.92 Å². The first kappa shape index (κ1) is 37.1. The van der Waals surface area contributed by atoms with Crippen molar-refractivity contribution in [1.29, 1.82) is 0 Å². The second kappa shape index (κ2) is 20.9. The van der Waals surface area contributed by atoms with E-state index in [0.717, 1.165) is 0 Å². The van der Waals surface area contributed by atoms with E-state index in [2.05, 4.69) is 127 Å². The number of benzene rings is 2. The Morgan fingerprint density at radius 2 is 1.39 bits per heavy atom. The van der Waals surface area contributed by atoms with E-state index in [1.165, 1.54) is 44.2 Å². The van der Waals surface area contributed by atoms with Gasteiger partial charge in [0.1, 0.15) is 0 Å². The third-order valence-electron chi connectivity index (χ3n) is 5.22. The van der Waals surface area contributed by atoms with E-state index in [4.69, 9.17) is 0 Å². The van der Waals surface area contributed by atoms with Crippen molar-refractivity contribution < 1.29 is 21.6 Å². The number of hydrogen-bond acceptors (Lipinski definition) is 0. The summed E-state index contributed by atoms with van der Waals surface area (Å²) in [5, 5.41) is 2.69. The van der Waals surface area contributed by atoms with Crippen LogP contribution in [0.25, 0.3) is 21.9 Å². The van der Waals surface area contributed by atoms with Crippen LogP contribution >= 0.6 is 24.8 Å². The second-order valence-corrected chi connectivity index (χ2v) is 7.01. The number of rotatable bonds is 1. The molecule has 0 aliphatic heterocycles. The van der Waals surface area contributed by atoms with E-state index >= 15 is 0 Å². The Balaban J connectivity index is -0.000000459. The molecular weight excluding hydrogens is 583 g/mol. The monoisotopic (exact) mass is 620 g/mol. The summed E-state index contributed by atoms with van der Waals surface area (Å²) in [6.07, 6.45) is 3.36. The van der Waals surface area contributed by atoms with Crippen LogP contribution in [0, 0.1) is 32.8 Å². The fourth-order valence-electron chi connectivity index (χ4n) is 3.42. The van der Waals surface area contributed by atoms with Gasteiger partial charge in [0.05, 0.1) is 0 Å². The van der Waals surface area contributed by atoms with E-state index in [-0.39, 0.29) is 24.8 Å². The van der Waals surface area contributed by atoms with Gasteiger partial charge in [-0.2, -0.15) is 31.1 Å². The van der Waals surface area contributed by atoms with Gasteiger partial charge in [0.2, 0.25) is 0 Å². The number of allylic oxidation sites excluding steroid dienone is 4. The van der Waals surface area contributed by atoms with Gasteiger partial charge in [-0.25, -0.2) is 5.57 Å². The van der Waals surface area contributed by atoms with Crippen LogP contribution in [-0.2, 0) is 21.6 Å². The van der Waals surface area contributed by atoms with Crippen LogP contribution in [0.2, 0.25) is 0 Å². The predicted molar refractivity (Wildman–Crippen MR) is 152 cm³/mol. The summed E-state index contributed by atoms with van der Waals surface area (Å²) >= 11 is 3.64. The Hall–Kier alpha value is -0.464. The van der Waals surface area contributed by atoms with Crippen molar-refractivity contribution in [3.8, 4) is 11.1 Å². The molecular formula is C29H38Cl2GeZr-4. The number of aryl methyl sites for hydroxylation is 1. The molecule has 0 nitrogen and oxygen atoms in total. The van der Waals surface area contributed by atoms with Crippen LogP contribution < -0.4 is 0 Å². The quantitative estimate of drug-likeness (QED) is 0.188. The number of halogens is 2. The zero-order valence-corrected chi connectivity index (χ0v) is 27.3. The molecule has 0 N–H and O–H groups in total. The van der Waals surface area contributed by atoms with Gasteiger partial charge >= 0.3 is 33.7 Å². The molecule has 1 aliphatic rings. The molecule has 180 valence electrons. The summed E-state index contributed by atoms with van der Waals surface area (Å²) in [5.41, 5.74) is 8.19. The Kier molecular flexibility index (Phi) is 23.5.